The number of benzene rings is 2. The normalized spacial score (nSPS) is 25.7. The molecule has 0 saturated carbocycles. The molecule has 4 atom stereocenters. The van der Waals surface area contributed by atoms with Gasteiger partial charge in [0.2, 0.25) is 0 Å². The van der Waals surface area contributed by atoms with Gasteiger partial charge in [-0.1, -0.05) is 36.4 Å². The zero-order valence-corrected chi connectivity index (χ0v) is 16.2. The number of ether oxygens (including phenoxy) is 6. The molecule has 0 radical (unpaired) electrons. The maximum absolute atomic E-state index is 12.2. The molecule has 2 aliphatic rings. The average molecular weight is 414 g/mol. The monoisotopic (exact) mass is 414 g/mol. The molecular formula is C22H22O8. The fourth-order valence-corrected chi connectivity index (χ4v) is 3.34. The smallest absolute Gasteiger partial charge is 0.338 e. The first kappa shape index (κ1) is 20.5. The van der Waals surface area contributed by atoms with Crippen LogP contribution in [0.3, 0.4) is 0 Å². The lowest BCUT2D eigenvalue weighted by molar-refractivity contribution is -0.328. The van der Waals surface area contributed by atoms with Gasteiger partial charge in [0.1, 0.15) is 51.2 Å². The minimum Gasteiger partial charge on any atom is -0.459 e. The van der Waals surface area contributed by atoms with Crippen LogP contribution in [0.1, 0.15) is 20.7 Å². The van der Waals surface area contributed by atoms with Crippen LogP contribution in [0.2, 0.25) is 0 Å². The van der Waals surface area contributed by atoms with E-state index in [1.54, 1.807) is 48.5 Å². The fourth-order valence-electron chi connectivity index (χ4n) is 3.34. The van der Waals surface area contributed by atoms with Crippen LogP contribution in [0.4, 0.5) is 0 Å². The molecule has 0 bridgehead atoms. The van der Waals surface area contributed by atoms with Gasteiger partial charge in [0, 0.05) is 0 Å². The molecule has 0 unspecified atom stereocenters. The second kappa shape index (κ2) is 9.82. The van der Waals surface area contributed by atoms with Gasteiger partial charge >= 0.3 is 11.9 Å². The Bertz CT molecular complexity index is 769. The summed E-state index contributed by atoms with van der Waals surface area (Å²) in [5.41, 5.74) is 0.916. The van der Waals surface area contributed by atoms with Gasteiger partial charge in [0.15, 0.2) is 0 Å². The molecule has 2 fully saturated rings. The van der Waals surface area contributed by atoms with E-state index >= 15 is 0 Å². The van der Waals surface area contributed by atoms with Crippen molar-refractivity contribution >= 4 is 11.9 Å². The van der Waals surface area contributed by atoms with Crippen molar-refractivity contribution in [3.05, 3.63) is 71.8 Å². The predicted octanol–water partition coefficient (Wildman–Crippen LogP) is 2.18. The summed E-state index contributed by atoms with van der Waals surface area (Å²) in [6, 6.07) is 17.4. The lowest BCUT2D eigenvalue weighted by Gasteiger charge is -2.43. The van der Waals surface area contributed by atoms with Crippen molar-refractivity contribution in [2.24, 2.45) is 0 Å². The molecule has 2 saturated heterocycles. The molecule has 2 heterocycles. The second-order valence-corrected chi connectivity index (χ2v) is 6.84. The first-order chi connectivity index (χ1) is 14.7. The van der Waals surface area contributed by atoms with E-state index in [0.29, 0.717) is 11.1 Å². The van der Waals surface area contributed by atoms with Crippen molar-refractivity contribution < 1.29 is 38.0 Å². The van der Waals surface area contributed by atoms with E-state index in [9.17, 15) is 9.59 Å². The highest BCUT2D eigenvalue weighted by Gasteiger charge is 2.45. The molecule has 2 aromatic rings. The number of esters is 2. The molecule has 2 aromatic carbocycles. The predicted molar refractivity (Wildman–Crippen MR) is 103 cm³/mol. The topological polar surface area (TPSA) is 89.5 Å². The largest absolute Gasteiger partial charge is 0.459 e. The molecule has 30 heavy (non-hydrogen) atoms. The van der Waals surface area contributed by atoms with Crippen molar-refractivity contribution in [1.82, 2.24) is 0 Å². The van der Waals surface area contributed by atoms with Gasteiger partial charge in [-0.25, -0.2) is 9.59 Å². The lowest BCUT2D eigenvalue weighted by atomic mass is 10.0. The molecule has 8 nitrogen and oxygen atoms in total. The lowest BCUT2D eigenvalue weighted by Crippen LogP contribution is -2.59. The van der Waals surface area contributed by atoms with E-state index in [0.717, 1.165) is 0 Å². The third kappa shape index (κ3) is 4.85. The van der Waals surface area contributed by atoms with Gasteiger partial charge in [0.25, 0.3) is 0 Å². The van der Waals surface area contributed by atoms with Gasteiger partial charge in [-0.2, -0.15) is 0 Å². The molecule has 8 heteroatoms. The molecule has 4 rings (SSSR count). The minimum atomic E-state index is -0.521. The molecule has 0 amide bonds. The zero-order valence-electron chi connectivity index (χ0n) is 16.2. The van der Waals surface area contributed by atoms with E-state index in [1.165, 1.54) is 0 Å². The van der Waals surface area contributed by atoms with E-state index < -0.39 is 36.4 Å². The van der Waals surface area contributed by atoms with Crippen molar-refractivity contribution in [3.8, 4) is 0 Å². The van der Waals surface area contributed by atoms with E-state index in [4.69, 9.17) is 28.4 Å². The molecule has 0 N–H and O–H groups in total. The van der Waals surface area contributed by atoms with Crippen LogP contribution in [0, 0.1) is 0 Å². The number of hydrogen-bond donors (Lipinski definition) is 0. The third-order valence-corrected chi connectivity index (χ3v) is 4.92. The summed E-state index contributed by atoms with van der Waals surface area (Å²) in [4.78, 5) is 24.4. The Labute approximate surface area is 173 Å². The van der Waals surface area contributed by atoms with Crippen LogP contribution in [0.25, 0.3) is 0 Å². The van der Waals surface area contributed by atoms with Crippen LogP contribution in [-0.4, -0.2) is 63.2 Å². The number of rotatable bonds is 6. The highest BCUT2D eigenvalue weighted by atomic mass is 16.8. The summed E-state index contributed by atoms with van der Waals surface area (Å²) in [7, 11) is 0. The Balaban J connectivity index is 1.32. The van der Waals surface area contributed by atoms with E-state index in [2.05, 4.69) is 0 Å². The van der Waals surface area contributed by atoms with Gasteiger partial charge < -0.3 is 28.4 Å². The summed E-state index contributed by atoms with van der Waals surface area (Å²) in [6.45, 7) is -0.00129. The van der Waals surface area contributed by atoms with Crippen molar-refractivity contribution in [2.45, 2.75) is 24.4 Å². The van der Waals surface area contributed by atoms with Gasteiger partial charge in [-0.15, -0.1) is 0 Å². The van der Waals surface area contributed by atoms with E-state index in [-0.39, 0.29) is 26.8 Å². The van der Waals surface area contributed by atoms with Crippen molar-refractivity contribution in [3.63, 3.8) is 0 Å². The first-order valence-electron chi connectivity index (χ1n) is 9.63. The molecule has 158 valence electrons. The first-order valence-corrected chi connectivity index (χ1v) is 9.63. The van der Waals surface area contributed by atoms with Crippen LogP contribution >= 0.6 is 0 Å². The maximum atomic E-state index is 12.2. The number of carbonyl (C=O) groups excluding carboxylic acids is 2. The number of fused-ring (bicyclic) bond motifs is 1. The van der Waals surface area contributed by atoms with Crippen LogP contribution in [0.15, 0.2) is 60.7 Å². The van der Waals surface area contributed by atoms with E-state index in [1.807, 2.05) is 12.1 Å². The number of carbonyl (C=O) groups is 2. The zero-order chi connectivity index (χ0) is 20.8. The highest BCUT2D eigenvalue weighted by Crippen LogP contribution is 2.26. The Morgan fingerprint density at radius 2 is 1.07 bits per heavy atom. The van der Waals surface area contributed by atoms with Gasteiger partial charge in [-0.05, 0) is 24.3 Å². The van der Waals surface area contributed by atoms with Crippen LogP contribution in [0.5, 0.6) is 0 Å². The molecule has 0 spiro atoms. The Morgan fingerprint density at radius 1 is 0.667 bits per heavy atom. The number of hydrogen-bond acceptors (Lipinski definition) is 8. The fraction of sp³-hybridized carbons (Fsp3) is 0.364. The molecule has 0 aromatic heterocycles. The Hall–Kier alpha value is -2.78. The summed E-state index contributed by atoms with van der Waals surface area (Å²) in [6.07, 6.45) is -2.08. The SMILES string of the molecule is O=C(OC[C@@H]1OCO[C@@H]2[C@@H]1OCO[C@@H]2COC(=O)c1ccccc1)c1ccccc1. The summed E-state index contributed by atoms with van der Waals surface area (Å²) in [5, 5.41) is 0. The summed E-state index contributed by atoms with van der Waals surface area (Å²) in [5.74, 6) is -0.884. The van der Waals surface area contributed by atoms with Crippen molar-refractivity contribution in [2.75, 3.05) is 26.8 Å². The van der Waals surface area contributed by atoms with Crippen LogP contribution < -0.4 is 0 Å². The maximum Gasteiger partial charge on any atom is 0.338 e. The summed E-state index contributed by atoms with van der Waals surface area (Å²) >= 11 is 0. The molecule has 2 aliphatic heterocycles. The Morgan fingerprint density at radius 3 is 1.47 bits per heavy atom. The third-order valence-electron chi connectivity index (χ3n) is 4.92. The van der Waals surface area contributed by atoms with Gasteiger partial charge in [0.05, 0.1) is 11.1 Å². The minimum absolute atomic E-state index is 0.00871. The average Bonchev–Trinajstić information content (AvgIpc) is 2.82. The molecular weight excluding hydrogens is 392 g/mol. The van der Waals surface area contributed by atoms with Crippen LogP contribution in [-0.2, 0) is 28.4 Å². The highest BCUT2D eigenvalue weighted by molar-refractivity contribution is 5.89. The Kier molecular flexibility index (Phi) is 6.70. The quantitative estimate of drug-likeness (QED) is 0.665. The van der Waals surface area contributed by atoms with Gasteiger partial charge in [-0.3, -0.25) is 0 Å². The summed E-state index contributed by atoms with van der Waals surface area (Å²) < 4.78 is 33.2. The van der Waals surface area contributed by atoms with Crippen molar-refractivity contribution in [1.29, 1.82) is 0 Å². The molecule has 0 aliphatic carbocycles. The second-order valence-electron chi connectivity index (χ2n) is 6.84. The standard InChI is InChI=1S/C22H22O8/c23-21(15-7-3-1-4-8-15)25-11-17-19-20(30-13-27-17)18(28-14-29-19)12-26-22(24)16-9-5-2-6-10-16/h1-10,17-20H,11-14H2/t17-,18+,19+,20-.